The Morgan fingerprint density at radius 3 is 0.886 bits per heavy atom. The number of anilines is 2. The lowest BCUT2D eigenvalue weighted by Gasteiger charge is -2.23. The van der Waals surface area contributed by atoms with Gasteiger partial charge in [-0.1, -0.05) is 151 Å². The Bertz CT molecular complexity index is 1240. The lowest BCUT2D eigenvalue weighted by Crippen LogP contribution is -2.06. The van der Waals surface area contributed by atoms with Crippen LogP contribution in [0.15, 0.2) is 97.1 Å². The first-order valence-electron chi connectivity index (χ1n) is 17.4. The van der Waals surface area contributed by atoms with Crippen molar-refractivity contribution in [3.05, 3.63) is 130 Å². The molecule has 0 aliphatic carbocycles. The van der Waals surface area contributed by atoms with Gasteiger partial charge in [0.2, 0.25) is 0 Å². The van der Waals surface area contributed by atoms with Crippen molar-refractivity contribution in [2.75, 3.05) is 11.5 Å². The van der Waals surface area contributed by atoms with E-state index in [1.165, 1.54) is 97.6 Å². The van der Waals surface area contributed by atoms with Crippen molar-refractivity contribution in [2.24, 2.45) is 0 Å². The summed E-state index contributed by atoms with van der Waals surface area (Å²) in [5.74, 6) is 1.23. The monoisotopic (exact) mass is 588 g/mol. The summed E-state index contributed by atoms with van der Waals surface area (Å²) >= 11 is 0. The third-order valence-corrected chi connectivity index (χ3v) is 9.45. The van der Waals surface area contributed by atoms with Gasteiger partial charge in [0.05, 0.1) is 0 Å². The normalized spacial score (nSPS) is 13.4. The third kappa shape index (κ3) is 9.49. The molecule has 2 unspecified atom stereocenters. The van der Waals surface area contributed by atoms with Gasteiger partial charge in [-0.25, -0.2) is 0 Å². The van der Waals surface area contributed by atoms with Gasteiger partial charge in [0.25, 0.3) is 0 Å². The quantitative estimate of drug-likeness (QED) is 0.0897. The van der Waals surface area contributed by atoms with Crippen LogP contribution in [0.5, 0.6) is 0 Å². The fourth-order valence-electron chi connectivity index (χ4n) is 6.72. The Kier molecular flexibility index (Phi) is 13.4. The van der Waals surface area contributed by atoms with E-state index in [2.05, 4.69) is 93.6 Å². The Morgan fingerprint density at radius 1 is 0.341 bits per heavy atom. The Morgan fingerprint density at radius 2 is 0.591 bits per heavy atom. The van der Waals surface area contributed by atoms with Crippen molar-refractivity contribution in [2.45, 2.75) is 116 Å². The highest BCUT2D eigenvalue weighted by molar-refractivity contribution is 5.45. The van der Waals surface area contributed by atoms with Crippen LogP contribution in [0.25, 0.3) is 0 Å². The van der Waals surface area contributed by atoms with Gasteiger partial charge in [-0.2, -0.15) is 0 Å². The van der Waals surface area contributed by atoms with E-state index in [0.29, 0.717) is 17.8 Å². The molecule has 0 radical (unpaired) electrons. The molecule has 0 aliphatic rings. The molecule has 4 aromatic carbocycles. The van der Waals surface area contributed by atoms with Gasteiger partial charge in [0.15, 0.2) is 0 Å². The van der Waals surface area contributed by atoms with Gasteiger partial charge < -0.3 is 11.5 Å². The van der Waals surface area contributed by atoms with Crippen molar-refractivity contribution < 1.29 is 0 Å². The van der Waals surface area contributed by atoms with Crippen molar-refractivity contribution in [3.63, 3.8) is 0 Å². The zero-order chi connectivity index (χ0) is 31.1. The molecule has 0 fully saturated rings. The van der Waals surface area contributed by atoms with Crippen molar-refractivity contribution >= 4 is 11.4 Å². The molecule has 0 spiro atoms. The molecule has 234 valence electrons. The summed E-state index contributed by atoms with van der Waals surface area (Å²) in [4.78, 5) is 0. The number of unbranched alkanes of at least 4 members (excludes halogenated alkanes) is 6. The van der Waals surface area contributed by atoms with Crippen molar-refractivity contribution in [3.8, 4) is 0 Å². The van der Waals surface area contributed by atoms with E-state index in [0.717, 1.165) is 24.2 Å². The molecule has 2 nitrogen and oxygen atoms in total. The molecule has 4 rings (SSSR count). The van der Waals surface area contributed by atoms with E-state index in [1.54, 1.807) is 0 Å². The molecule has 0 saturated carbocycles. The largest absolute Gasteiger partial charge is 0.399 e. The predicted octanol–water partition coefficient (Wildman–Crippen LogP) is 12.0. The first kappa shape index (κ1) is 33.4. The number of nitrogen functional groups attached to an aromatic ring is 2. The second kappa shape index (κ2) is 17.7. The molecule has 4 N–H and O–H groups in total. The van der Waals surface area contributed by atoms with Gasteiger partial charge in [-0.15, -0.1) is 0 Å². The number of hydrogen-bond acceptors (Lipinski definition) is 2. The highest BCUT2D eigenvalue weighted by Gasteiger charge is 2.19. The van der Waals surface area contributed by atoms with Crippen molar-refractivity contribution in [1.82, 2.24) is 0 Å². The summed E-state index contributed by atoms with van der Waals surface area (Å²) < 4.78 is 0. The summed E-state index contributed by atoms with van der Waals surface area (Å²) in [5.41, 5.74) is 22.1. The Balaban J connectivity index is 1.60. The highest BCUT2D eigenvalue weighted by Crippen LogP contribution is 2.36. The highest BCUT2D eigenvalue weighted by atomic mass is 14.5. The summed E-state index contributed by atoms with van der Waals surface area (Å²) in [6, 6.07) is 36.2. The zero-order valence-electron chi connectivity index (χ0n) is 27.6. The number of nitrogens with two attached hydrogens (primary N) is 2. The third-order valence-electron chi connectivity index (χ3n) is 9.45. The number of benzene rings is 4. The average molecular weight is 589 g/mol. The standard InChI is InChI=1S/C42H56N2/c1-4-7-10-11-12-15-42(34-20-16-32(17-21-34)40(13-8-5-2)36-24-28-38(43)29-25-36)35-22-18-33(19-23-35)41(14-9-6-3)37-26-30-39(44)31-27-37/h16-31,40-42H,4-15,43-44H2,1-3H3. The summed E-state index contributed by atoms with van der Waals surface area (Å²) in [7, 11) is 0. The van der Waals surface area contributed by atoms with Crippen LogP contribution in [0.1, 0.15) is 149 Å². The second-order valence-corrected chi connectivity index (χ2v) is 12.8. The minimum Gasteiger partial charge on any atom is -0.399 e. The van der Waals surface area contributed by atoms with Crippen LogP contribution in [0.3, 0.4) is 0 Å². The van der Waals surface area contributed by atoms with Crippen molar-refractivity contribution in [1.29, 1.82) is 0 Å². The molecule has 4 aromatic rings. The topological polar surface area (TPSA) is 52.0 Å². The molecule has 2 heteroatoms. The maximum Gasteiger partial charge on any atom is 0.0314 e. The smallest absolute Gasteiger partial charge is 0.0314 e. The van der Waals surface area contributed by atoms with E-state index in [1.807, 2.05) is 24.3 Å². The average Bonchev–Trinajstić information content (AvgIpc) is 3.05. The lowest BCUT2D eigenvalue weighted by atomic mass is 9.82. The van der Waals surface area contributed by atoms with Gasteiger partial charge in [-0.3, -0.25) is 0 Å². The fraction of sp³-hybridized carbons (Fsp3) is 0.429. The SMILES string of the molecule is CCCCCCCC(c1ccc(C(CCCC)c2ccc(N)cc2)cc1)c1ccc(C(CCCC)c2ccc(N)cc2)cc1. The molecule has 0 bridgehead atoms. The Labute approximate surface area is 268 Å². The van der Waals surface area contributed by atoms with Gasteiger partial charge in [-0.05, 0) is 76.9 Å². The van der Waals surface area contributed by atoms with E-state index < -0.39 is 0 Å². The molecule has 2 atom stereocenters. The van der Waals surface area contributed by atoms with Crippen LogP contribution in [0.2, 0.25) is 0 Å². The predicted molar refractivity (Wildman–Crippen MR) is 193 cm³/mol. The summed E-state index contributed by atoms with van der Waals surface area (Å²) in [6.45, 7) is 6.85. The first-order chi connectivity index (χ1) is 21.5. The number of rotatable bonds is 18. The second-order valence-electron chi connectivity index (χ2n) is 12.8. The molecule has 0 saturated heterocycles. The van der Waals surface area contributed by atoms with E-state index >= 15 is 0 Å². The maximum absolute atomic E-state index is 6.02. The minimum absolute atomic E-state index is 0.407. The molecular formula is C42H56N2. The molecular weight excluding hydrogens is 532 g/mol. The van der Waals surface area contributed by atoms with Crippen LogP contribution in [-0.4, -0.2) is 0 Å². The van der Waals surface area contributed by atoms with Crippen LogP contribution in [0.4, 0.5) is 11.4 Å². The molecule has 0 aliphatic heterocycles. The Hall–Kier alpha value is -3.52. The summed E-state index contributed by atoms with van der Waals surface area (Å²) in [5, 5.41) is 0. The zero-order valence-corrected chi connectivity index (χ0v) is 27.6. The van der Waals surface area contributed by atoms with E-state index in [4.69, 9.17) is 11.5 Å². The van der Waals surface area contributed by atoms with Gasteiger partial charge in [0.1, 0.15) is 0 Å². The van der Waals surface area contributed by atoms with Crippen LogP contribution in [-0.2, 0) is 0 Å². The first-order valence-corrected chi connectivity index (χ1v) is 17.4. The maximum atomic E-state index is 6.02. The lowest BCUT2D eigenvalue weighted by molar-refractivity contribution is 0.579. The minimum atomic E-state index is 0.407. The van der Waals surface area contributed by atoms with Gasteiger partial charge >= 0.3 is 0 Å². The van der Waals surface area contributed by atoms with E-state index in [9.17, 15) is 0 Å². The van der Waals surface area contributed by atoms with Gasteiger partial charge in [0, 0.05) is 29.1 Å². The van der Waals surface area contributed by atoms with Crippen LogP contribution < -0.4 is 11.5 Å². The molecule has 0 amide bonds. The summed E-state index contributed by atoms with van der Waals surface area (Å²) in [6.07, 6.45) is 14.9. The molecule has 0 heterocycles. The van der Waals surface area contributed by atoms with Crippen LogP contribution in [0, 0.1) is 0 Å². The van der Waals surface area contributed by atoms with E-state index in [-0.39, 0.29) is 0 Å². The molecule has 0 aromatic heterocycles. The fourth-order valence-corrected chi connectivity index (χ4v) is 6.72. The number of hydrogen-bond donors (Lipinski definition) is 2. The molecule has 44 heavy (non-hydrogen) atoms. The van der Waals surface area contributed by atoms with Crippen LogP contribution >= 0.6 is 0 Å².